The minimum Gasteiger partial charge on any atom is 0 e. The van der Waals surface area contributed by atoms with Crippen molar-refractivity contribution in [1.29, 1.82) is 0 Å². The zero-order chi connectivity index (χ0) is 0. The van der Waals surface area contributed by atoms with E-state index in [1.54, 1.807) is 0 Å². The molecular weight excluding hydrogens is 384 g/mol. The summed E-state index contributed by atoms with van der Waals surface area (Å²) in [4.78, 5) is 0. The fraction of sp³-hybridized carbons (Fsp3) is 0. The van der Waals surface area contributed by atoms with Crippen LogP contribution < -0.4 is 0 Å². The Morgan fingerprint density at radius 3 is 0.400 bits per heavy atom. The summed E-state index contributed by atoms with van der Waals surface area (Å²) >= 11 is 0. The van der Waals surface area contributed by atoms with Crippen LogP contribution in [0.5, 0.6) is 0 Å². The summed E-state index contributed by atoms with van der Waals surface area (Å²) in [5.74, 6) is 0. The van der Waals surface area contributed by atoms with Gasteiger partial charge in [0.2, 0.25) is 0 Å². The van der Waals surface area contributed by atoms with Crippen molar-refractivity contribution in [3.05, 3.63) is 0 Å². The monoisotopic (exact) mass is 384 g/mol. The first-order valence-corrected chi connectivity index (χ1v) is 0. The molecule has 0 aliphatic heterocycles. The molecule has 0 aliphatic rings. The molecule has 0 rings (SSSR count). The Bertz CT molecular complexity index is 3.61. The van der Waals surface area contributed by atoms with Crippen molar-refractivity contribution in [2.75, 3.05) is 0 Å². The molecule has 0 nitrogen and oxygen atoms in total. The van der Waals surface area contributed by atoms with Gasteiger partial charge in [0.15, 0.2) is 0 Å². The zero-order valence-electron chi connectivity index (χ0n) is 2.81. The molecule has 0 aromatic carbocycles. The van der Waals surface area contributed by atoms with Gasteiger partial charge < -0.3 is 0 Å². The topological polar surface area (TPSA) is 0 Å². The Labute approximate surface area is 138 Å². The summed E-state index contributed by atoms with van der Waals surface area (Å²) in [5.41, 5.74) is 0. The van der Waals surface area contributed by atoms with Crippen LogP contribution in [0.4, 0.5) is 0 Å². The summed E-state index contributed by atoms with van der Waals surface area (Å²) in [5, 5.41) is 0. The first kappa shape index (κ1) is 33.4. The van der Waals surface area contributed by atoms with E-state index in [2.05, 4.69) is 0 Å². The van der Waals surface area contributed by atoms with Crippen LogP contribution >= 0.6 is 0 Å². The largest absolute Gasteiger partial charge is 0 e. The van der Waals surface area contributed by atoms with E-state index in [1.807, 2.05) is 0 Å². The minimum atomic E-state index is 0. The molecule has 8 radical (unpaired) electrons. The van der Waals surface area contributed by atoms with Crippen LogP contribution in [0.1, 0.15) is 0 Å². The van der Waals surface area contributed by atoms with Gasteiger partial charge in [-0.15, -0.1) is 0 Å². The molecule has 0 aromatic rings. The molecule has 0 saturated heterocycles. The van der Waals surface area contributed by atoms with E-state index in [0.29, 0.717) is 0 Å². The summed E-state index contributed by atoms with van der Waals surface area (Å²) in [6.07, 6.45) is 0. The number of rotatable bonds is 0. The smallest absolute Gasteiger partial charge is 0 e. The standard InChI is InChI=1S/Si.4Y. The van der Waals surface area contributed by atoms with Crippen molar-refractivity contribution < 1.29 is 131 Å². The maximum atomic E-state index is 0. The van der Waals surface area contributed by atoms with Crippen molar-refractivity contribution in [1.82, 2.24) is 0 Å². The van der Waals surface area contributed by atoms with E-state index in [-0.39, 0.29) is 142 Å². The van der Waals surface area contributed by atoms with Crippen LogP contribution in [0.15, 0.2) is 0 Å². The van der Waals surface area contributed by atoms with Crippen LogP contribution in [0, 0.1) is 0 Å². The summed E-state index contributed by atoms with van der Waals surface area (Å²) in [6.45, 7) is 0. The Balaban J connectivity index is 0. The van der Waals surface area contributed by atoms with Gasteiger partial charge in [0.1, 0.15) is 0 Å². The second kappa shape index (κ2) is 23.4. The van der Waals surface area contributed by atoms with Crippen molar-refractivity contribution in [3.63, 3.8) is 0 Å². The third-order valence-electron chi connectivity index (χ3n) is 0. The van der Waals surface area contributed by atoms with E-state index >= 15 is 0 Å². The van der Waals surface area contributed by atoms with Gasteiger partial charge >= 0.3 is 0 Å². The predicted octanol–water partition coefficient (Wildman–Crippen LogP) is -0.391. The molecule has 5 heavy (non-hydrogen) atoms. The molecule has 0 spiro atoms. The van der Waals surface area contributed by atoms with Gasteiger partial charge in [0.05, 0.1) is 0 Å². The van der Waals surface area contributed by atoms with Crippen LogP contribution in [0.3, 0.4) is 0 Å². The van der Waals surface area contributed by atoms with Gasteiger partial charge in [-0.05, 0) is 0 Å². The third-order valence-corrected chi connectivity index (χ3v) is 0. The van der Waals surface area contributed by atoms with E-state index in [9.17, 15) is 0 Å². The SMILES string of the molecule is [Si].[Y].[Y].[Y].[Y]. The summed E-state index contributed by atoms with van der Waals surface area (Å²) < 4.78 is 0. The first-order valence-electron chi connectivity index (χ1n) is 0. The molecule has 0 aliphatic carbocycles. The summed E-state index contributed by atoms with van der Waals surface area (Å²) in [7, 11) is 0. The van der Waals surface area contributed by atoms with Crippen molar-refractivity contribution in [3.8, 4) is 0 Å². The zero-order valence-corrected chi connectivity index (χ0v) is 15.2. The quantitative estimate of drug-likeness (QED) is 0.500. The predicted molar refractivity (Wildman–Crippen MR) is 5.75 cm³/mol. The molecular formula is SiY4. The van der Waals surface area contributed by atoms with Crippen molar-refractivity contribution in [2.45, 2.75) is 0 Å². The fourth-order valence-corrected chi connectivity index (χ4v) is 0. The van der Waals surface area contributed by atoms with Gasteiger partial charge in [0, 0.05) is 142 Å². The van der Waals surface area contributed by atoms with Gasteiger partial charge in [-0.3, -0.25) is 0 Å². The van der Waals surface area contributed by atoms with Gasteiger partial charge in [0.25, 0.3) is 0 Å². The van der Waals surface area contributed by atoms with Gasteiger partial charge in [-0.1, -0.05) is 0 Å². The average molecular weight is 384 g/mol. The number of hydrogen-bond donors (Lipinski definition) is 0. The Hall–Kier alpha value is 4.63. The van der Waals surface area contributed by atoms with E-state index < -0.39 is 0 Å². The van der Waals surface area contributed by atoms with Crippen molar-refractivity contribution in [2.24, 2.45) is 0 Å². The molecule has 0 amide bonds. The molecule has 0 bridgehead atoms. The molecule has 16 valence electrons. The number of hydrogen-bond acceptors (Lipinski definition) is 0. The molecule has 0 N–H and O–H groups in total. The Kier molecular flexibility index (Phi) is 157. The maximum Gasteiger partial charge on any atom is 0 e. The van der Waals surface area contributed by atoms with Gasteiger partial charge in [-0.2, -0.15) is 0 Å². The Morgan fingerprint density at radius 1 is 0.400 bits per heavy atom. The average Bonchev–Trinajstić information content (AvgIpc) is 0. The van der Waals surface area contributed by atoms with E-state index in [0.717, 1.165) is 0 Å². The maximum absolute atomic E-state index is 0. The molecule has 0 saturated carbocycles. The molecule has 0 atom stereocenters. The third kappa shape index (κ3) is 17.7. The molecule has 0 aromatic heterocycles. The summed E-state index contributed by atoms with van der Waals surface area (Å²) in [6, 6.07) is 0. The van der Waals surface area contributed by atoms with E-state index in [4.69, 9.17) is 0 Å². The van der Waals surface area contributed by atoms with E-state index in [1.165, 1.54) is 0 Å². The fourth-order valence-electron chi connectivity index (χ4n) is 0. The van der Waals surface area contributed by atoms with Crippen LogP contribution in [0.25, 0.3) is 0 Å². The second-order valence-electron chi connectivity index (χ2n) is 0. The van der Waals surface area contributed by atoms with Gasteiger partial charge in [-0.25, -0.2) is 0 Å². The second-order valence-corrected chi connectivity index (χ2v) is 0. The molecule has 0 unspecified atom stereocenters. The van der Waals surface area contributed by atoms with Crippen molar-refractivity contribution >= 4 is 11.0 Å². The molecule has 0 heterocycles. The first-order chi connectivity index (χ1) is 0. The molecule has 0 fully saturated rings. The normalized spacial score (nSPS) is 0. The van der Waals surface area contributed by atoms with Crippen LogP contribution in [-0.2, 0) is 131 Å². The molecule has 5 heteroatoms. The Morgan fingerprint density at radius 2 is 0.400 bits per heavy atom. The van der Waals surface area contributed by atoms with Crippen LogP contribution in [0.2, 0.25) is 0 Å². The van der Waals surface area contributed by atoms with Crippen LogP contribution in [-0.4, -0.2) is 11.0 Å². The minimum absolute atomic E-state index is 0.